The van der Waals surface area contributed by atoms with Crippen LogP contribution in [0.3, 0.4) is 0 Å². The Morgan fingerprint density at radius 3 is 2.39 bits per heavy atom. The highest BCUT2D eigenvalue weighted by Crippen LogP contribution is 2.30. The molecule has 1 nitrogen and oxygen atoms in total. The van der Waals surface area contributed by atoms with E-state index in [1.807, 2.05) is 29.5 Å². The average molecular weight is 300 g/mol. The molecule has 0 saturated carbocycles. The van der Waals surface area contributed by atoms with Crippen LogP contribution in [0.1, 0.15) is 28.3 Å². The van der Waals surface area contributed by atoms with E-state index in [0.29, 0.717) is 10.0 Å². The number of hydrogen-bond acceptors (Lipinski definition) is 2. The molecule has 4 heteroatoms. The second-order valence-electron chi connectivity index (χ2n) is 4.36. The smallest absolute Gasteiger partial charge is 0.0612 e. The molecule has 0 amide bonds. The highest BCUT2D eigenvalue weighted by molar-refractivity contribution is 7.12. The molecular weight excluding hydrogens is 285 g/mol. The van der Waals surface area contributed by atoms with Crippen molar-refractivity contribution >= 4 is 40.2 Å². The van der Waals surface area contributed by atoms with E-state index in [1.165, 1.54) is 15.3 Å². The molecule has 0 aliphatic carbocycles. The molecule has 0 fully saturated rings. The summed E-state index contributed by atoms with van der Waals surface area (Å²) in [6.07, 6.45) is 0. The highest BCUT2D eigenvalue weighted by atomic mass is 35.5. The van der Waals surface area contributed by atoms with Crippen molar-refractivity contribution in [2.75, 3.05) is 5.32 Å². The second kappa shape index (κ2) is 5.52. The zero-order chi connectivity index (χ0) is 13.3. The molecule has 0 aliphatic heterocycles. The van der Waals surface area contributed by atoms with Gasteiger partial charge in [0.25, 0.3) is 0 Å². The maximum Gasteiger partial charge on any atom is 0.0612 e. The number of anilines is 1. The summed E-state index contributed by atoms with van der Waals surface area (Å²) in [5.41, 5.74) is 2.32. The Bertz CT molecular complexity index is 563. The molecule has 0 saturated heterocycles. The Balaban J connectivity index is 2.18. The van der Waals surface area contributed by atoms with E-state index in [4.69, 9.17) is 23.2 Å². The van der Waals surface area contributed by atoms with Crippen LogP contribution in [0.5, 0.6) is 0 Å². The largest absolute Gasteiger partial charge is 0.378 e. The lowest BCUT2D eigenvalue weighted by atomic mass is 10.1. The molecule has 0 radical (unpaired) electrons. The molecule has 1 unspecified atom stereocenters. The van der Waals surface area contributed by atoms with Gasteiger partial charge in [-0.1, -0.05) is 23.2 Å². The van der Waals surface area contributed by atoms with E-state index >= 15 is 0 Å². The summed E-state index contributed by atoms with van der Waals surface area (Å²) in [5, 5.41) is 4.60. The van der Waals surface area contributed by atoms with E-state index in [9.17, 15) is 0 Å². The molecule has 0 aliphatic rings. The topological polar surface area (TPSA) is 12.0 Å². The molecule has 2 aromatic rings. The number of nitrogens with one attached hydrogen (secondary N) is 1. The van der Waals surface area contributed by atoms with Gasteiger partial charge in [-0.15, -0.1) is 11.3 Å². The minimum atomic E-state index is 0.257. The number of hydrogen-bond donors (Lipinski definition) is 1. The van der Waals surface area contributed by atoms with E-state index < -0.39 is 0 Å². The van der Waals surface area contributed by atoms with Crippen LogP contribution in [-0.2, 0) is 0 Å². The van der Waals surface area contributed by atoms with Crippen LogP contribution >= 0.6 is 34.5 Å². The Morgan fingerprint density at radius 1 is 1.11 bits per heavy atom. The van der Waals surface area contributed by atoms with Crippen LogP contribution in [0.25, 0.3) is 0 Å². The molecule has 0 bridgehead atoms. The fourth-order valence-electron chi connectivity index (χ4n) is 1.99. The number of halogens is 2. The number of rotatable bonds is 3. The predicted molar refractivity (Wildman–Crippen MR) is 82.3 cm³/mol. The van der Waals surface area contributed by atoms with E-state index in [2.05, 4.69) is 32.2 Å². The molecule has 1 aromatic heterocycles. The number of benzene rings is 1. The first kappa shape index (κ1) is 13.7. The maximum atomic E-state index is 6.01. The van der Waals surface area contributed by atoms with Crippen LogP contribution < -0.4 is 5.32 Å². The molecule has 1 N–H and O–H groups in total. The predicted octanol–water partition coefficient (Wildman–Crippen LogP) is 5.84. The molecule has 2 rings (SSSR count). The first-order valence-corrected chi connectivity index (χ1v) is 7.33. The molecule has 1 aromatic carbocycles. The summed E-state index contributed by atoms with van der Waals surface area (Å²) < 4.78 is 0. The summed E-state index contributed by atoms with van der Waals surface area (Å²) in [6, 6.07) is 8.10. The summed E-state index contributed by atoms with van der Waals surface area (Å²) in [7, 11) is 0. The Kier molecular flexibility index (Phi) is 4.21. The number of aryl methyl sites for hydroxylation is 2. The van der Waals surface area contributed by atoms with E-state index in [0.717, 1.165) is 5.69 Å². The van der Waals surface area contributed by atoms with Gasteiger partial charge in [0.2, 0.25) is 0 Å². The molecule has 96 valence electrons. The van der Waals surface area contributed by atoms with E-state index in [-0.39, 0.29) is 6.04 Å². The van der Waals surface area contributed by atoms with Gasteiger partial charge in [-0.25, -0.2) is 0 Å². The normalized spacial score (nSPS) is 12.5. The van der Waals surface area contributed by atoms with Gasteiger partial charge >= 0.3 is 0 Å². The molecule has 0 spiro atoms. The Morgan fingerprint density at radius 2 is 1.83 bits per heavy atom. The van der Waals surface area contributed by atoms with Gasteiger partial charge in [0.15, 0.2) is 0 Å². The SMILES string of the molecule is Cc1cc(C(C)Nc2ccc(Cl)c(Cl)c2)c(C)s1. The molecule has 1 atom stereocenters. The minimum Gasteiger partial charge on any atom is -0.378 e. The first-order chi connectivity index (χ1) is 8.47. The fourth-order valence-corrected chi connectivity index (χ4v) is 3.31. The van der Waals surface area contributed by atoms with Gasteiger partial charge in [-0.2, -0.15) is 0 Å². The third-order valence-corrected chi connectivity index (χ3v) is 4.57. The standard InChI is InChI=1S/C14H15Cl2NS/c1-8-6-12(10(3)18-8)9(2)17-11-4-5-13(15)14(16)7-11/h4-7,9,17H,1-3H3. The van der Waals surface area contributed by atoms with Crippen LogP contribution in [0.4, 0.5) is 5.69 Å². The third-order valence-electron chi connectivity index (χ3n) is 2.85. The molecule has 18 heavy (non-hydrogen) atoms. The minimum absolute atomic E-state index is 0.257. The zero-order valence-corrected chi connectivity index (χ0v) is 12.9. The van der Waals surface area contributed by atoms with Crippen molar-refractivity contribution in [3.63, 3.8) is 0 Å². The van der Waals surface area contributed by atoms with Crippen molar-refractivity contribution in [1.82, 2.24) is 0 Å². The molecule has 1 heterocycles. The first-order valence-electron chi connectivity index (χ1n) is 5.76. The molecular formula is C14H15Cl2NS. The van der Waals surface area contributed by atoms with Crippen LogP contribution in [-0.4, -0.2) is 0 Å². The zero-order valence-electron chi connectivity index (χ0n) is 10.6. The lowest BCUT2D eigenvalue weighted by molar-refractivity contribution is 0.882. The van der Waals surface area contributed by atoms with Gasteiger partial charge in [0, 0.05) is 21.5 Å². The summed E-state index contributed by atoms with van der Waals surface area (Å²) in [5.74, 6) is 0. The Labute approximate surface area is 122 Å². The van der Waals surface area contributed by atoms with Crippen molar-refractivity contribution in [2.24, 2.45) is 0 Å². The van der Waals surface area contributed by atoms with Crippen molar-refractivity contribution in [3.05, 3.63) is 49.6 Å². The van der Waals surface area contributed by atoms with Gasteiger partial charge in [0.05, 0.1) is 10.0 Å². The quantitative estimate of drug-likeness (QED) is 0.750. The van der Waals surface area contributed by atoms with E-state index in [1.54, 1.807) is 0 Å². The van der Waals surface area contributed by atoms with Crippen molar-refractivity contribution in [1.29, 1.82) is 0 Å². The van der Waals surface area contributed by atoms with Crippen molar-refractivity contribution in [3.8, 4) is 0 Å². The second-order valence-corrected chi connectivity index (χ2v) is 6.64. The van der Waals surface area contributed by atoms with Gasteiger partial charge in [-0.3, -0.25) is 0 Å². The third kappa shape index (κ3) is 3.00. The highest BCUT2D eigenvalue weighted by Gasteiger charge is 2.11. The van der Waals surface area contributed by atoms with Crippen molar-refractivity contribution < 1.29 is 0 Å². The summed E-state index contributed by atoms with van der Waals surface area (Å²) >= 11 is 13.7. The van der Waals surface area contributed by atoms with Crippen LogP contribution in [0.15, 0.2) is 24.3 Å². The monoisotopic (exact) mass is 299 g/mol. The average Bonchev–Trinajstić information content (AvgIpc) is 2.63. The van der Waals surface area contributed by atoms with Crippen LogP contribution in [0.2, 0.25) is 10.0 Å². The maximum absolute atomic E-state index is 6.01. The lowest BCUT2D eigenvalue weighted by Crippen LogP contribution is -2.06. The van der Waals surface area contributed by atoms with Gasteiger partial charge in [0.1, 0.15) is 0 Å². The Hall–Kier alpha value is -0.700. The number of thiophene rings is 1. The lowest BCUT2D eigenvalue weighted by Gasteiger charge is -2.15. The summed E-state index contributed by atoms with van der Waals surface area (Å²) in [6.45, 7) is 6.43. The van der Waals surface area contributed by atoms with Gasteiger partial charge in [-0.05, 0) is 50.6 Å². The fraction of sp³-hybridized carbons (Fsp3) is 0.286. The van der Waals surface area contributed by atoms with Crippen molar-refractivity contribution in [2.45, 2.75) is 26.8 Å². The summed E-state index contributed by atoms with van der Waals surface area (Å²) in [4.78, 5) is 2.69. The van der Waals surface area contributed by atoms with Gasteiger partial charge < -0.3 is 5.32 Å². The van der Waals surface area contributed by atoms with Crippen LogP contribution in [0, 0.1) is 13.8 Å².